The average molecular weight is 289 g/mol. The maximum atomic E-state index is 9.81. The lowest BCUT2D eigenvalue weighted by molar-refractivity contribution is 0.0926. The lowest BCUT2D eigenvalue weighted by Gasteiger charge is -2.39. The Morgan fingerprint density at radius 1 is 1.33 bits per heavy atom. The molecule has 1 heterocycles. The molecule has 0 amide bonds. The van der Waals surface area contributed by atoms with E-state index in [-0.39, 0.29) is 18.2 Å². The molecule has 0 radical (unpaired) electrons. The molecular weight excluding hydrogens is 262 g/mol. The minimum Gasteiger partial charge on any atom is -0.488 e. The fraction of sp³-hybridized carbons (Fsp3) is 0.667. The van der Waals surface area contributed by atoms with E-state index in [0.717, 1.165) is 37.5 Å². The maximum absolute atomic E-state index is 9.81. The van der Waals surface area contributed by atoms with Crippen molar-refractivity contribution < 1.29 is 9.84 Å². The van der Waals surface area contributed by atoms with E-state index in [9.17, 15) is 5.11 Å². The summed E-state index contributed by atoms with van der Waals surface area (Å²) in [5, 5.41) is 13.4. The van der Waals surface area contributed by atoms with Crippen molar-refractivity contribution in [1.29, 1.82) is 0 Å². The van der Waals surface area contributed by atoms with Gasteiger partial charge in [0, 0.05) is 18.5 Å². The second-order valence-electron chi connectivity index (χ2n) is 7.06. The van der Waals surface area contributed by atoms with E-state index >= 15 is 0 Å². The minimum absolute atomic E-state index is 0.0828. The summed E-state index contributed by atoms with van der Waals surface area (Å²) < 4.78 is 6.02. The summed E-state index contributed by atoms with van der Waals surface area (Å²) in [6.45, 7) is 5.48. The largest absolute Gasteiger partial charge is 0.488 e. The van der Waals surface area contributed by atoms with Crippen LogP contribution in [0.4, 0.5) is 0 Å². The summed E-state index contributed by atoms with van der Waals surface area (Å²) >= 11 is 0. The number of aliphatic hydroxyl groups is 1. The predicted molar refractivity (Wildman–Crippen MR) is 84.8 cm³/mol. The van der Waals surface area contributed by atoms with Gasteiger partial charge in [0.25, 0.3) is 0 Å². The number of rotatable bonds is 4. The van der Waals surface area contributed by atoms with Crippen molar-refractivity contribution in [3.63, 3.8) is 0 Å². The highest BCUT2D eigenvalue weighted by atomic mass is 16.5. The van der Waals surface area contributed by atoms with Gasteiger partial charge in [0.2, 0.25) is 0 Å². The molecule has 116 valence electrons. The van der Waals surface area contributed by atoms with Crippen LogP contribution in [0, 0.1) is 12.8 Å². The second-order valence-corrected chi connectivity index (χ2v) is 7.06. The van der Waals surface area contributed by atoms with Gasteiger partial charge in [-0.1, -0.05) is 24.6 Å². The molecule has 1 aromatic rings. The molecule has 1 saturated carbocycles. The molecule has 2 aliphatic rings. The highest BCUT2D eigenvalue weighted by molar-refractivity contribution is 5.40. The van der Waals surface area contributed by atoms with Gasteiger partial charge in [-0.25, -0.2) is 0 Å². The van der Waals surface area contributed by atoms with Gasteiger partial charge in [-0.05, 0) is 50.2 Å². The van der Waals surface area contributed by atoms with Gasteiger partial charge in [-0.3, -0.25) is 0 Å². The number of aryl methyl sites for hydroxylation is 1. The fourth-order valence-corrected chi connectivity index (χ4v) is 3.60. The second kappa shape index (κ2) is 5.98. The topological polar surface area (TPSA) is 41.5 Å². The lowest BCUT2D eigenvalue weighted by Crippen LogP contribution is -2.53. The number of nitrogens with one attached hydrogen (secondary N) is 1. The number of benzene rings is 1. The standard InChI is InChI=1S/C18H27NO2/c1-13-5-7-18(12-20,8-6-13)19-11-16-10-15-9-14(2)3-4-17(15)21-16/h3-4,9,13,16,19-20H,5-8,10-12H2,1-2H3. The van der Waals surface area contributed by atoms with Crippen LogP contribution in [0.1, 0.15) is 43.7 Å². The maximum Gasteiger partial charge on any atom is 0.123 e. The Labute approximate surface area is 127 Å². The Morgan fingerprint density at radius 3 is 2.81 bits per heavy atom. The van der Waals surface area contributed by atoms with Gasteiger partial charge in [0.05, 0.1) is 6.61 Å². The number of hydrogen-bond donors (Lipinski definition) is 2. The highest BCUT2D eigenvalue weighted by Gasteiger charge is 2.34. The van der Waals surface area contributed by atoms with E-state index in [1.807, 2.05) is 0 Å². The van der Waals surface area contributed by atoms with Crippen molar-refractivity contribution in [2.24, 2.45) is 5.92 Å². The van der Waals surface area contributed by atoms with Gasteiger partial charge < -0.3 is 15.2 Å². The van der Waals surface area contributed by atoms with Crippen LogP contribution in [-0.2, 0) is 6.42 Å². The predicted octanol–water partition coefficient (Wildman–Crippen LogP) is 2.83. The third-order valence-electron chi connectivity index (χ3n) is 5.20. The van der Waals surface area contributed by atoms with Crippen molar-refractivity contribution >= 4 is 0 Å². The van der Waals surface area contributed by atoms with Gasteiger partial charge in [0.15, 0.2) is 0 Å². The van der Waals surface area contributed by atoms with Crippen LogP contribution < -0.4 is 10.1 Å². The summed E-state index contributed by atoms with van der Waals surface area (Å²) in [4.78, 5) is 0. The third-order valence-corrected chi connectivity index (χ3v) is 5.20. The van der Waals surface area contributed by atoms with E-state index in [1.165, 1.54) is 24.0 Å². The molecule has 3 rings (SSSR count). The Bertz CT molecular complexity index is 492. The summed E-state index contributed by atoms with van der Waals surface area (Å²) in [7, 11) is 0. The molecule has 0 saturated heterocycles. The van der Waals surface area contributed by atoms with Crippen LogP contribution in [0.2, 0.25) is 0 Å². The molecule has 1 fully saturated rings. The molecule has 0 spiro atoms. The van der Waals surface area contributed by atoms with E-state index in [2.05, 4.69) is 37.4 Å². The SMILES string of the molecule is Cc1ccc2c(c1)CC(CNC1(CO)CCC(C)CC1)O2. The monoisotopic (exact) mass is 289 g/mol. The molecule has 1 aliphatic heterocycles. The molecule has 21 heavy (non-hydrogen) atoms. The zero-order valence-electron chi connectivity index (χ0n) is 13.2. The number of aliphatic hydroxyl groups excluding tert-OH is 1. The van der Waals surface area contributed by atoms with Crippen molar-refractivity contribution in [1.82, 2.24) is 5.32 Å². The zero-order valence-corrected chi connectivity index (χ0v) is 13.2. The molecule has 1 aliphatic carbocycles. The van der Waals surface area contributed by atoms with E-state index < -0.39 is 0 Å². The highest BCUT2D eigenvalue weighted by Crippen LogP contribution is 2.33. The van der Waals surface area contributed by atoms with Crippen molar-refractivity contribution in [2.45, 2.75) is 57.6 Å². The first-order chi connectivity index (χ1) is 10.1. The molecule has 3 nitrogen and oxygen atoms in total. The number of ether oxygens (including phenoxy) is 1. The first-order valence-corrected chi connectivity index (χ1v) is 8.22. The third kappa shape index (κ3) is 3.24. The quantitative estimate of drug-likeness (QED) is 0.895. The molecule has 1 atom stereocenters. The Balaban J connectivity index is 1.56. The van der Waals surface area contributed by atoms with Gasteiger partial charge in [0.1, 0.15) is 11.9 Å². The van der Waals surface area contributed by atoms with Crippen LogP contribution in [0.15, 0.2) is 18.2 Å². The molecule has 3 heteroatoms. The summed E-state index contributed by atoms with van der Waals surface area (Å²) in [6.07, 6.45) is 5.73. The smallest absolute Gasteiger partial charge is 0.123 e. The van der Waals surface area contributed by atoms with E-state index in [4.69, 9.17) is 4.74 Å². The molecule has 1 aromatic carbocycles. The lowest BCUT2D eigenvalue weighted by atomic mass is 9.77. The first kappa shape index (κ1) is 14.9. The van der Waals surface area contributed by atoms with Crippen molar-refractivity contribution in [3.8, 4) is 5.75 Å². The van der Waals surface area contributed by atoms with E-state index in [1.54, 1.807) is 0 Å². The number of fused-ring (bicyclic) bond motifs is 1. The summed E-state index contributed by atoms with van der Waals surface area (Å²) in [5.41, 5.74) is 2.52. The average Bonchev–Trinajstić information content (AvgIpc) is 2.89. The molecule has 1 unspecified atom stereocenters. The normalized spacial score (nSPS) is 31.8. The first-order valence-electron chi connectivity index (χ1n) is 8.22. The fourth-order valence-electron chi connectivity index (χ4n) is 3.60. The van der Waals surface area contributed by atoms with Crippen LogP contribution in [0.5, 0.6) is 5.75 Å². The van der Waals surface area contributed by atoms with E-state index in [0.29, 0.717) is 0 Å². The van der Waals surface area contributed by atoms with Crippen molar-refractivity contribution in [2.75, 3.05) is 13.2 Å². The van der Waals surface area contributed by atoms with Crippen LogP contribution >= 0.6 is 0 Å². The molecule has 2 N–H and O–H groups in total. The zero-order chi connectivity index (χ0) is 14.9. The Kier molecular flexibility index (Phi) is 4.23. The van der Waals surface area contributed by atoms with Crippen LogP contribution in [0.25, 0.3) is 0 Å². The Morgan fingerprint density at radius 2 is 2.10 bits per heavy atom. The summed E-state index contributed by atoms with van der Waals surface area (Å²) in [5.74, 6) is 1.82. The summed E-state index contributed by atoms with van der Waals surface area (Å²) in [6, 6.07) is 6.40. The van der Waals surface area contributed by atoms with Crippen LogP contribution in [-0.4, -0.2) is 29.9 Å². The number of hydrogen-bond acceptors (Lipinski definition) is 3. The van der Waals surface area contributed by atoms with Crippen LogP contribution in [0.3, 0.4) is 0 Å². The molecule has 0 aromatic heterocycles. The van der Waals surface area contributed by atoms with Crippen molar-refractivity contribution in [3.05, 3.63) is 29.3 Å². The van der Waals surface area contributed by atoms with Gasteiger partial charge in [-0.2, -0.15) is 0 Å². The minimum atomic E-state index is -0.0828. The van der Waals surface area contributed by atoms with Gasteiger partial charge >= 0.3 is 0 Å². The molecule has 0 bridgehead atoms. The Hall–Kier alpha value is -1.06. The molecular formula is C18H27NO2. The van der Waals surface area contributed by atoms with Gasteiger partial charge in [-0.15, -0.1) is 0 Å².